The number of fused-ring (bicyclic) bond motifs is 1. The average Bonchev–Trinajstić information content (AvgIpc) is 2.94. The Morgan fingerprint density at radius 2 is 2.11 bits per heavy atom. The van der Waals surface area contributed by atoms with Crippen molar-refractivity contribution in [3.05, 3.63) is 53.6 Å². The molecule has 0 radical (unpaired) electrons. The first-order valence-corrected chi connectivity index (χ1v) is 5.60. The molecule has 1 aliphatic rings. The van der Waals surface area contributed by atoms with Crippen LogP contribution in [-0.2, 0) is 13.6 Å². The molecular weight excluding hydrogens is 230 g/mol. The van der Waals surface area contributed by atoms with Crippen LogP contribution in [-0.4, -0.2) is 26.3 Å². The zero-order chi connectivity index (χ0) is 12.7. The first-order valence-electron chi connectivity index (χ1n) is 5.60. The third-order valence-electron chi connectivity index (χ3n) is 3.08. The van der Waals surface area contributed by atoms with Gasteiger partial charge in [0.2, 0.25) is 0 Å². The van der Waals surface area contributed by atoms with Gasteiger partial charge in [-0.1, -0.05) is 18.2 Å². The smallest absolute Gasteiger partial charge is 0.297 e. The molecule has 1 aromatic heterocycles. The van der Waals surface area contributed by atoms with Crippen LogP contribution in [0.15, 0.2) is 36.7 Å². The highest BCUT2D eigenvalue weighted by atomic mass is 16.2. The first-order chi connectivity index (χ1) is 8.68. The van der Waals surface area contributed by atoms with Gasteiger partial charge >= 0.3 is 0 Å². The normalized spacial score (nSPS) is 13.8. The highest BCUT2D eigenvalue weighted by Crippen LogP contribution is 2.23. The van der Waals surface area contributed by atoms with E-state index in [1.54, 1.807) is 36.1 Å². The van der Waals surface area contributed by atoms with Crippen LogP contribution in [0.5, 0.6) is 0 Å². The molecule has 1 aliphatic heterocycles. The minimum Gasteiger partial charge on any atom is -0.330 e. The van der Waals surface area contributed by atoms with Gasteiger partial charge in [-0.3, -0.25) is 14.5 Å². The summed E-state index contributed by atoms with van der Waals surface area (Å²) in [7, 11) is 1.73. The maximum Gasteiger partial charge on any atom is 0.297 e. The van der Waals surface area contributed by atoms with Crippen molar-refractivity contribution >= 4 is 11.8 Å². The van der Waals surface area contributed by atoms with E-state index in [9.17, 15) is 9.59 Å². The number of amides is 2. The van der Waals surface area contributed by atoms with Gasteiger partial charge in [0, 0.05) is 25.0 Å². The van der Waals surface area contributed by atoms with Gasteiger partial charge in [-0.15, -0.1) is 0 Å². The Balaban J connectivity index is 1.96. The van der Waals surface area contributed by atoms with Crippen molar-refractivity contribution in [1.82, 2.24) is 14.5 Å². The lowest BCUT2D eigenvalue weighted by Gasteiger charge is -2.12. The molecule has 2 amide bonds. The molecule has 0 unspecified atom stereocenters. The molecule has 2 aromatic rings. The second-order valence-electron chi connectivity index (χ2n) is 4.22. The topological polar surface area (TPSA) is 55.2 Å². The van der Waals surface area contributed by atoms with E-state index in [2.05, 4.69) is 4.98 Å². The van der Waals surface area contributed by atoms with Crippen LogP contribution in [0.25, 0.3) is 0 Å². The van der Waals surface area contributed by atoms with E-state index in [1.807, 2.05) is 12.1 Å². The highest BCUT2D eigenvalue weighted by molar-refractivity contribution is 6.11. The van der Waals surface area contributed by atoms with Gasteiger partial charge in [0.15, 0.2) is 5.82 Å². The molecule has 0 saturated carbocycles. The van der Waals surface area contributed by atoms with E-state index in [0.29, 0.717) is 12.1 Å². The number of carbonyl (C=O) groups is 2. The van der Waals surface area contributed by atoms with Crippen LogP contribution >= 0.6 is 0 Å². The van der Waals surface area contributed by atoms with Gasteiger partial charge in [0.1, 0.15) is 0 Å². The number of aryl methyl sites for hydroxylation is 1. The number of rotatable bonds is 1. The van der Waals surface area contributed by atoms with Crippen LogP contribution in [0.3, 0.4) is 0 Å². The fourth-order valence-corrected chi connectivity index (χ4v) is 2.11. The summed E-state index contributed by atoms with van der Waals surface area (Å²) in [6.07, 6.45) is 3.22. The van der Waals surface area contributed by atoms with Crippen LogP contribution in [0, 0.1) is 0 Å². The number of hydrogen-bond acceptors (Lipinski definition) is 3. The number of nitrogens with zero attached hydrogens (tertiary/aromatic N) is 3. The monoisotopic (exact) mass is 241 g/mol. The van der Waals surface area contributed by atoms with Gasteiger partial charge in [-0.2, -0.15) is 0 Å². The molecule has 3 rings (SSSR count). The van der Waals surface area contributed by atoms with Gasteiger partial charge in [0.25, 0.3) is 11.8 Å². The second kappa shape index (κ2) is 3.80. The molecule has 0 atom stereocenters. The molecule has 0 aliphatic carbocycles. The van der Waals surface area contributed by atoms with Crippen molar-refractivity contribution in [1.29, 1.82) is 0 Å². The largest absolute Gasteiger partial charge is 0.330 e. The molecule has 5 nitrogen and oxygen atoms in total. The van der Waals surface area contributed by atoms with Crippen molar-refractivity contribution in [3.63, 3.8) is 0 Å². The summed E-state index contributed by atoms with van der Waals surface area (Å²) in [5.74, 6) is -0.335. The second-order valence-corrected chi connectivity index (χ2v) is 4.22. The summed E-state index contributed by atoms with van der Waals surface area (Å²) in [6.45, 7) is 0.320. The minimum absolute atomic E-state index is 0.251. The molecule has 1 aromatic carbocycles. The van der Waals surface area contributed by atoms with E-state index in [0.717, 1.165) is 5.56 Å². The predicted octanol–water partition coefficient (Wildman–Crippen LogP) is 1.22. The standard InChI is InChI=1S/C13H11N3O2/c1-15-7-6-14-11(15)13(18)16-8-9-4-2-3-5-10(9)12(16)17/h2-7H,8H2,1H3. The quantitative estimate of drug-likeness (QED) is 0.705. The van der Waals surface area contributed by atoms with E-state index in [1.165, 1.54) is 4.90 Å². The van der Waals surface area contributed by atoms with Crippen LogP contribution in [0.4, 0.5) is 0 Å². The Bertz CT molecular complexity index is 645. The molecule has 18 heavy (non-hydrogen) atoms. The summed E-state index contributed by atoms with van der Waals surface area (Å²) in [4.78, 5) is 29.5. The molecule has 0 N–H and O–H groups in total. The zero-order valence-corrected chi connectivity index (χ0v) is 9.83. The van der Waals surface area contributed by atoms with Crippen molar-refractivity contribution < 1.29 is 9.59 Å². The minimum atomic E-state index is -0.358. The van der Waals surface area contributed by atoms with Crippen molar-refractivity contribution in [2.45, 2.75) is 6.54 Å². The molecular formula is C13H11N3O2. The Kier molecular flexibility index (Phi) is 2.26. The Hall–Kier alpha value is -2.43. The van der Waals surface area contributed by atoms with Gasteiger partial charge in [-0.05, 0) is 11.6 Å². The fraction of sp³-hybridized carbons (Fsp3) is 0.154. The molecule has 2 heterocycles. The number of aromatic nitrogens is 2. The summed E-state index contributed by atoms with van der Waals surface area (Å²) in [6, 6.07) is 7.26. The van der Waals surface area contributed by atoms with Crippen molar-refractivity contribution in [2.75, 3.05) is 0 Å². The van der Waals surface area contributed by atoms with E-state index >= 15 is 0 Å². The van der Waals surface area contributed by atoms with Crippen molar-refractivity contribution in [2.24, 2.45) is 7.05 Å². The Morgan fingerprint density at radius 3 is 2.78 bits per heavy atom. The third kappa shape index (κ3) is 1.44. The molecule has 0 saturated heterocycles. The number of carbonyl (C=O) groups excluding carboxylic acids is 2. The lowest BCUT2D eigenvalue weighted by atomic mass is 10.1. The lowest BCUT2D eigenvalue weighted by molar-refractivity contribution is 0.0621. The summed E-state index contributed by atoms with van der Waals surface area (Å²) in [5.41, 5.74) is 1.48. The SMILES string of the molecule is Cn1ccnc1C(=O)N1Cc2ccccc2C1=O. The fourth-order valence-electron chi connectivity index (χ4n) is 2.11. The van der Waals surface area contributed by atoms with Crippen LogP contribution < -0.4 is 0 Å². The van der Waals surface area contributed by atoms with E-state index in [-0.39, 0.29) is 17.6 Å². The summed E-state index contributed by atoms with van der Waals surface area (Å²) < 4.78 is 1.61. The maximum absolute atomic E-state index is 12.2. The molecule has 0 bridgehead atoms. The van der Waals surface area contributed by atoms with E-state index < -0.39 is 0 Å². The highest BCUT2D eigenvalue weighted by Gasteiger charge is 2.33. The maximum atomic E-state index is 12.2. The Morgan fingerprint density at radius 1 is 1.33 bits per heavy atom. The number of imide groups is 1. The molecule has 5 heteroatoms. The molecule has 0 fully saturated rings. The number of hydrogen-bond donors (Lipinski definition) is 0. The van der Waals surface area contributed by atoms with Gasteiger partial charge < -0.3 is 4.57 Å². The molecule has 0 spiro atoms. The van der Waals surface area contributed by atoms with Crippen molar-refractivity contribution in [3.8, 4) is 0 Å². The number of imidazole rings is 1. The Labute approximate surface area is 104 Å². The van der Waals surface area contributed by atoms with E-state index in [4.69, 9.17) is 0 Å². The predicted molar refractivity (Wildman–Crippen MR) is 63.9 cm³/mol. The third-order valence-corrected chi connectivity index (χ3v) is 3.08. The average molecular weight is 241 g/mol. The lowest BCUT2D eigenvalue weighted by Crippen LogP contribution is -2.33. The summed E-state index contributed by atoms with van der Waals surface area (Å²) >= 11 is 0. The summed E-state index contributed by atoms with van der Waals surface area (Å²) in [5, 5.41) is 0. The number of benzene rings is 1. The van der Waals surface area contributed by atoms with Gasteiger partial charge in [-0.25, -0.2) is 4.98 Å². The molecule has 90 valence electrons. The van der Waals surface area contributed by atoms with Gasteiger partial charge in [0.05, 0.1) is 6.54 Å². The zero-order valence-electron chi connectivity index (χ0n) is 9.83. The van der Waals surface area contributed by atoms with Crippen LogP contribution in [0.2, 0.25) is 0 Å². The van der Waals surface area contributed by atoms with Crippen LogP contribution in [0.1, 0.15) is 26.5 Å². The first kappa shape index (κ1) is 10.7.